The minimum absolute atomic E-state index is 0.0909. The van der Waals surface area contributed by atoms with Gasteiger partial charge in [-0.2, -0.15) is 0 Å². The van der Waals surface area contributed by atoms with Crippen LogP contribution in [0.2, 0.25) is 0 Å². The van der Waals surface area contributed by atoms with Crippen LogP contribution < -0.4 is 9.64 Å². The van der Waals surface area contributed by atoms with Crippen molar-refractivity contribution >= 4 is 17.5 Å². The maximum atomic E-state index is 14.0. The number of unbranched alkanes of at least 4 members (excludes halogenated alkanes) is 2. The number of hydrogen-bond donors (Lipinski definition) is 0. The van der Waals surface area contributed by atoms with E-state index in [0.717, 1.165) is 25.0 Å². The summed E-state index contributed by atoms with van der Waals surface area (Å²) in [5.41, 5.74) is 4.82. The van der Waals surface area contributed by atoms with Crippen LogP contribution in [0.25, 0.3) is 0 Å². The van der Waals surface area contributed by atoms with Gasteiger partial charge in [-0.1, -0.05) is 75.2 Å². The third-order valence-electron chi connectivity index (χ3n) is 8.15. The minimum Gasteiger partial charge on any atom is -0.494 e. The van der Waals surface area contributed by atoms with E-state index in [1.807, 2.05) is 48.5 Å². The number of anilines is 1. The molecule has 1 saturated heterocycles. The van der Waals surface area contributed by atoms with Crippen LogP contribution in [0.3, 0.4) is 0 Å². The molecule has 7 rings (SSSR count). The zero-order valence-corrected chi connectivity index (χ0v) is 19.7. The molecule has 3 aliphatic carbocycles. The molecule has 4 aliphatic rings. The first kappa shape index (κ1) is 21.2. The van der Waals surface area contributed by atoms with Gasteiger partial charge >= 0.3 is 0 Å². The number of hydrogen-bond acceptors (Lipinski definition) is 3. The predicted octanol–water partition coefficient (Wildman–Crippen LogP) is 5.83. The Bertz CT molecular complexity index is 1230. The first-order chi connectivity index (χ1) is 16.6. The minimum atomic E-state index is -0.531. The second-order valence-corrected chi connectivity index (χ2v) is 9.92. The molecule has 2 amide bonds. The average Bonchev–Trinajstić information content (AvgIpc) is 3.14. The molecule has 3 aromatic rings. The molecule has 4 nitrogen and oxygen atoms in total. The van der Waals surface area contributed by atoms with Gasteiger partial charge < -0.3 is 4.74 Å². The van der Waals surface area contributed by atoms with E-state index in [2.05, 4.69) is 38.1 Å². The summed E-state index contributed by atoms with van der Waals surface area (Å²) in [6, 6.07) is 24.1. The number of carbonyl (C=O) groups is 2. The SMILES string of the molecule is CCCCCOc1ccc(N2C(=O)[C@@H]3C4c5ccccc5C(C)(c5ccccc54)[C@H]3C2=O)cc1. The fourth-order valence-electron chi connectivity index (χ4n) is 6.64. The van der Waals surface area contributed by atoms with E-state index < -0.39 is 11.3 Å². The third kappa shape index (κ3) is 2.78. The van der Waals surface area contributed by atoms with Crippen molar-refractivity contribution in [3.8, 4) is 5.75 Å². The maximum absolute atomic E-state index is 14.0. The predicted molar refractivity (Wildman–Crippen MR) is 132 cm³/mol. The Morgan fingerprint density at radius 3 is 2.06 bits per heavy atom. The normalized spacial score (nSPS) is 26.3. The summed E-state index contributed by atoms with van der Waals surface area (Å²) >= 11 is 0. The second-order valence-electron chi connectivity index (χ2n) is 9.92. The number of nitrogens with zero attached hydrogens (tertiary/aromatic N) is 1. The molecule has 4 heteroatoms. The summed E-state index contributed by atoms with van der Waals surface area (Å²) in [6.07, 6.45) is 3.31. The molecule has 2 atom stereocenters. The van der Waals surface area contributed by atoms with Gasteiger partial charge in [0, 0.05) is 11.3 Å². The molecule has 3 aromatic carbocycles. The average molecular weight is 452 g/mol. The van der Waals surface area contributed by atoms with Gasteiger partial charge in [0.05, 0.1) is 24.1 Å². The monoisotopic (exact) mass is 451 g/mol. The number of rotatable bonds is 6. The van der Waals surface area contributed by atoms with E-state index in [4.69, 9.17) is 4.74 Å². The topological polar surface area (TPSA) is 46.6 Å². The second kappa shape index (κ2) is 7.83. The lowest BCUT2D eigenvalue weighted by Crippen LogP contribution is -2.51. The van der Waals surface area contributed by atoms with Crippen LogP contribution in [0.1, 0.15) is 61.3 Å². The number of benzene rings is 3. The molecule has 172 valence electrons. The van der Waals surface area contributed by atoms with E-state index in [0.29, 0.717) is 12.3 Å². The molecule has 0 radical (unpaired) electrons. The van der Waals surface area contributed by atoms with Gasteiger partial charge in [-0.15, -0.1) is 0 Å². The van der Waals surface area contributed by atoms with Crippen molar-refractivity contribution in [2.24, 2.45) is 11.8 Å². The molecular weight excluding hydrogens is 422 g/mol. The highest BCUT2D eigenvalue weighted by Crippen LogP contribution is 2.64. The van der Waals surface area contributed by atoms with Crippen LogP contribution in [0.15, 0.2) is 72.8 Å². The van der Waals surface area contributed by atoms with Crippen molar-refractivity contribution < 1.29 is 14.3 Å². The lowest BCUT2D eigenvalue weighted by atomic mass is 9.48. The number of ether oxygens (including phenoxy) is 1. The van der Waals surface area contributed by atoms with E-state index in [1.165, 1.54) is 27.2 Å². The van der Waals surface area contributed by atoms with Gasteiger partial charge in [-0.25, -0.2) is 4.90 Å². The van der Waals surface area contributed by atoms with Crippen LogP contribution in [0.5, 0.6) is 5.75 Å². The van der Waals surface area contributed by atoms with Crippen LogP contribution in [-0.4, -0.2) is 18.4 Å². The number of amides is 2. The van der Waals surface area contributed by atoms with Crippen molar-refractivity contribution in [1.82, 2.24) is 0 Å². The Kier molecular flexibility index (Phi) is 4.87. The van der Waals surface area contributed by atoms with E-state index >= 15 is 0 Å². The standard InChI is InChI=1S/C30H29NO3/c1-3-4-9-18-34-20-16-14-19(15-17-20)31-28(32)26-25-21-10-5-7-12-23(21)30(2,27(26)29(31)33)24-13-8-6-11-22(24)25/h5-8,10-17,25-27H,3-4,9,18H2,1-2H3/t25?,26-,27-,30?/m1/s1. The highest BCUT2D eigenvalue weighted by molar-refractivity contribution is 6.23. The Labute approximate surface area is 200 Å². The molecule has 0 spiro atoms. The van der Waals surface area contributed by atoms with Gasteiger partial charge in [0.1, 0.15) is 5.75 Å². The van der Waals surface area contributed by atoms with Crippen molar-refractivity contribution in [2.75, 3.05) is 11.5 Å². The summed E-state index contributed by atoms with van der Waals surface area (Å²) in [4.78, 5) is 29.3. The summed E-state index contributed by atoms with van der Waals surface area (Å²) in [7, 11) is 0. The Hall–Kier alpha value is -3.40. The van der Waals surface area contributed by atoms with E-state index in [9.17, 15) is 9.59 Å². The van der Waals surface area contributed by atoms with Gasteiger partial charge in [0.2, 0.25) is 11.8 Å². The van der Waals surface area contributed by atoms with Crippen molar-refractivity contribution in [3.05, 3.63) is 95.1 Å². The molecule has 2 bridgehead atoms. The number of carbonyl (C=O) groups excluding carboxylic acids is 2. The van der Waals surface area contributed by atoms with E-state index in [1.54, 1.807) is 0 Å². The van der Waals surface area contributed by atoms with Gasteiger partial charge in [-0.3, -0.25) is 9.59 Å². The summed E-state index contributed by atoms with van der Waals surface area (Å²) < 4.78 is 5.83. The molecule has 1 fully saturated rings. The van der Waals surface area contributed by atoms with Crippen molar-refractivity contribution in [1.29, 1.82) is 0 Å². The summed E-state index contributed by atoms with van der Waals surface area (Å²) in [5.74, 6) is -0.299. The Balaban J connectivity index is 1.38. The highest BCUT2D eigenvalue weighted by Gasteiger charge is 2.66. The van der Waals surface area contributed by atoms with Gasteiger partial charge in [-0.05, 0) is 52.9 Å². The first-order valence-electron chi connectivity index (χ1n) is 12.4. The molecule has 0 saturated carbocycles. The molecule has 0 N–H and O–H groups in total. The lowest BCUT2D eigenvalue weighted by molar-refractivity contribution is -0.123. The maximum Gasteiger partial charge on any atom is 0.238 e. The van der Waals surface area contributed by atoms with Crippen LogP contribution in [0.4, 0.5) is 5.69 Å². The summed E-state index contributed by atoms with van der Waals surface area (Å²) in [6.45, 7) is 5.00. The van der Waals surface area contributed by atoms with Crippen LogP contribution >= 0.6 is 0 Å². The largest absolute Gasteiger partial charge is 0.494 e. The molecule has 0 unspecified atom stereocenters. The fourth-order valence-corrected chi connectivity index (χ4v) is 6.64. The van der Waals surface area contributed by atoms with Gasteiger partial charge in [0.15, 0.2) is 0 Å². The smallest absolute Gasteiger partial charge is 0.238 e. The Morgan fingerprint density at radius 1 is 0.824 bits per heavy atom. The molecular formula is C30H29NO3. The molecule has 1 heterocycles. The lowest BCUT2D eigenvalue weighted by Gasteiger charge is -2.52. The fraction of sp³-hybridized carbons (Fsp3) is 0.333. The van der Waals surface area contributed by atoms with Crippen LogP contribution in [0, 0.1) is 11.8 Å². The Morgan fingerprint density at radius 2 is 1.44 bits per heavy atom. The molecule has 0 aromatic heterocycles. The first-order valence-corrected chi connectivity index (χ1v) is 12.4. The molecule has 1 aliphatic heterocycles. The highest BCUT2D eigenvalue weighted by atomic mass is 16.5. The van der Waals surface area contributed by atoms with E-state index in [-0.39, 0.29) is 23.7 Å². The zero-order valence-electron chi connectivity index (χ0n) is 19.7. The van der Waals surface area contributed by atoms with Crippen molar-refractivity contribution in [3.63, 3.8) is 0 Å². The van der Waals surface area contributed by atoms with Crippen molar-refractivity contribution in [2.45, 2.75) is 44.4 Å². The quantitative estimate of drug-likeness (QED) is 0.350. The molecule has 34 heavy (non-hydrogen) atoms. The third-order valence-corrected chi connectivity index (χ3v) is 8.15. The van der Waals surface area contributed by atoms with Crippen LogP contribution in [-0.2, 0) is 15.0 Å². The zero-order chi connectivity index (χ0) is 23.4. The summed E-state index contributed by atoms with van der Waals surface area (Å²) in [5, 5.41) is 0. The van der Waals surface area contributed by atoms with Gasteiger partial charge in [0.25, 0.3) is 0 Å². The number of imide groups is 1.